The van der Waals surface area contributed by atoms with Crippen LogP contribution < -0.4 is 0 Å². The van der Waals surface area contributed by atoms with Crippen LogP contribution in [0.1, 0.15) is 0 Å². The largest absolute Gasteiger partial charge is 0.207 e. The first-order valence-electron chi connectivity index (χ1n) is 5.76. The van der Waals surface area contributed by atoms with Crippen molar-refractivity contribution in [2.24, 2.45) is 0 Å². The van der Waals surface area contributed by atoms with E-state index in [9.17, 15) is 4.39 Å². The molecule has 0 aliphatic heterocycles. The first kappa shape index (κ1) is 12.6. The second-order valence-corrected chi connectivity index (χ2v) is 4.91. The lowest BCUT2D eigenvalue weighted by Gasteiger charge is -2.01. The van der Waals surface area contributed by atoms with E-state index in [-0.39, 0.29) is 5.82 Å². The molecule has 2 aromatic heterocycles. The molecule has 7 heteroatoms. The summed E-state index contributed by atoms with van der Waals surface area (Å²) >= 11 is 1.34. The third kappa shape index (κ3) is 2.33. The maximum atomic E-state index is 13.0. The van der Waals surface area contributed by atoms with E-state index >= 15 is 0 Å². The molecule has 2 heterocycles. The summed E-state index contributed by atoms with van der Waals surface area (Å²) in [7, 11) is 0. The molecular formula is C13H8FN5S. The van der Waals surface area contributed by atoms with Crippen LogP contribution in [0, 0.1) is 17.1 Å². The van der Waals surface area contributed by atoms with Gasteiger partial charge in [-0.25, -0.2) is 4.39 Å². The molecule has 0 amide bonds. The van der Waals surface area contributed by atoms with Gasteiger partial charge >= 0.3 is 0 Å². The summed E-state index contributed by atoms with van der Waals surface area (Å²) in [4.78, 5) is 0. The Balaban J connectivity index is 2.07. The van der Waals surface area contributed by atoms with Crippen LogP contribution in [0.4, 0.5) is 4.39 Å². The highest BCUT2D eigenvalue weighted by Gasteiger charge is 2.10. The Labute approximate surface area is 118 Å². The standard InChI is InChI=1S/C13H8FN5S/c14-10-3-1-9(2-4-10)13-17-16-11-5-6-12(18-19(11)13)20-8-7-15/h1-6H,8H2. The predicted molar refractivity (Wildman–Crippen MR) is 72.5 cm³/mol. The van der Waals surface area contributed by atoms with Crippen molar-refractivity contribution in [1.29, 1.82) is 5.26 Å². The van der Waals surface area contributed by atoms with Gasteiger partial charge in [0.15, 0.2) is 11.5 Å². The Bertz CT molecular complexity index is 791. The first-order valence-corrected chi connectivity index (χ1v) is 6.74. The van der Waals surface area contributed by atoms with Crippen LogP contribution in [0.2, 0.25) is 0 Å². The summed E-state index contributed by atoms with van der Waals surface area (Å²) < 4.78 is 14.5. The Morgan fingerprint density at radius 1 is 1.15 bits per heavy atom. The average molecular weight is 285 g/mol. The smallest absolute Gasteiger partial charge is 0.185 e. The van der Waals surface area contributed by atoms with Gasteiger partial charge in [0.05, 0.1) is 11.8 Å². The van der Waals surface area contributed by atoms with E-state index in [0.29, 0.717) is 22.3 Å². The van der Waals surface area contributed by atoms with E-state index in [1.54, 1.807) is 28.8 Å². The van der Waals surface area contributed by atoms with E-state index in [1.807, 2.05) is 0 Å². The molecule has 0 spiro atoms. The maximum Gasteiger partial charge on any atom is 0.185 e. The van der Waals surface area contributed by atoms with Crippen molar-refractivity contribution in [2.45, 2.75) is 5.03 Å². The van der Waals surface area contributed by atoms with Gasteiger partial charge in [-0.2, -0.15) is 14.9 Å². The van der Waals surface area contributed by atoms with Crippen molar-refractivity contribution in [1.82, 2.24) is 19.8 Å². The Morgan fingerprint density at radius 3 is 2.70 bits per heavy atom. The number of aromatic nitrogens is 4. The van der Waals surface area contributed by atoms with Gasteiger partial charge in [-0.05, 0) is 36.4 Å². The fourth-order valence-corrected chi connectivity index (χ4v) is 2.25. The monoisotopic (exact) mass is 285 g/mol. The lowest BCUT2D eigenvalue weighted by molar-refractivity contribution is 0.628. The third-order valence-corrected chi connectivity index (χ3v) is 3.41. The molecule has 5 nitrogen and oxygen atoms in total. The molecule has 3 aromatic rings. The fraction of sp³-hybridized carbons (Fsp3) is 0.0769. The first-order chi connectivity index (χ1) is 9.78. The van der Waals surface area contributed by atoms with Crippen LogP contribution in [-0.4, -0.2) is 25.6 Å². The number of nitrogens with zero attached hydrogens (tertiary/aromatic N) is 5. The topological polar surface area (TPSA) is 66.9 Å². The Kier molecular flexibility index (Phi) is 3.31. The van der Waals surface area contributed by atoms with Gasteiger partial charge in [0, 0.05) is 5.56 Å². The number of thioether (sulfide) groups is 1. The van der Waals surface area contributed by atoms with Crippen LogP contribution in [-0.2, 0) is 0 Å². The molecule has 0 aliphatic carbocycles. The van der Waals surface area contributed by atoms with Crippen LogP contribution in [0.5, 0.6) is 0 Å². The van der Waals surface area contributed by atoms with Gasteiger partial charge in [-0.3, -0.25) is 0 Å². The van der Waals surface area contributed by atoms with E-state index in [0.717, 1.165) is 5.56 Å². The van der Waals surface area contributed by atoms with E-state index in [2.05, 4.69) is 21.4 Å². The second kappa shape index (κ2) is 5.27. The van der Waals surface area contributed by atoms with Crippen molar-refractivity contribution in [3.8, 4) is 17.5 Å². The molecule has 0 saturated heterocycles. The lowest BCUT2D eigenvalue weighted by Crippen LogP contribution is -1.96. The van der Waals surface area contributed by atoms with Crippen molar-refractivity contribution >= 4 is 17.4 Å². The van der Waals surface area contributed by atoms with Crippen LogP contribution >= 0.6 is 11.8 Å². The zero-order valence-electron chi connectivity index (χ0n) is 10.2. The summed E-state index contributed by atoms with van der Waals surface area (Å²) in [5.41, 5.74) is 1.33. The number of nitriles is 1. The van der Waals surface area contributed by atoms with Gasteiger partial charge in [0.25, 0.3) is 0 Å². The van der Waals surface area contributed by atoms with Crippen LogP contribution in [0.15, 0.2) is 41.4 Å². The van der Waals surface area contributed by atoms with Crippen LogP contribution in [0.3, 0.4) is 0 Å². The number of hydrogen-bond acceptors (Lipinski definition) is 5. The quantitative estimate of drug-likeness (QED) is 0.692. The number of hydrogen-bond donors (Lipinski definition) is 0. The number of fused-ring (bicyclic) bond motifs is 1. The molecule has 1 aromatic carbocycles. The molecule has 20 heavy (non-hydrogen) atoms. The van der Waals surface area contributed by atoms with Gasteiger partial charge in [-0.15, -0.1) is 10.2 Å². The zero-order chi connectivity index (χ0) is 13.9. The third-order valence-electron chi connectivity index (χ3n) is 2.63. The normalized spacial score (nSPS) is 10.6. The molecule has 98 valence electrons. The minimum absolute atomic E-state index is 0.305. The molecule has 0 atom stereocenters. The molecular weight excluding hydrogens is 277 g/mol. The van der Waals surface area contributed by atoms with E-state index < -0.39 is 0 Å². The van der Waals surface area contributed by atoms with Crippen molar-refractivity contribution in [3.05, 3.63) is 42.2 Å². The second-order valence-electron chi connectivity index (χ2n) is 3.92. The summed E-state index contributed by atoms with van der Waals surface area (Å²) in [6.07, 6.45) is 0. The molecule has 3 rings (SSSR count). The predicted octanol–water partition coefficient (Wildman–Crippen LogP) is 2.55. The number of halogens is 1. The fourth-order valence-electron chi connectivity index (χ4n) is 1.73. The SMILES string of the molecule is N#CCSc1ccc2nnc(-c3ccc(F)cc3)n2n1. The van der Waals surface area contributed by atoms with E-state index in [4.69, 9.17) is 5.26 Å². The summed E-state index contributed by atoms with van der Waals surface area (Å²) in [5, 5.41) is 21.8. The highest BCUT2D eigenvalue weighted by Crippen LogP contribution is 2.20. The number of rotatable bonds is 3. The molecule has 0 radical (unpaired) electrons. The van der Waals surface area contributed by atoms with Crippen molar-refractivity contribution in [3.63, 3.8) is 0 Å². The maximum absolute atomic E-state index is 13.0. The zero-order valence-corrected chi connectivity index (χ0v) is 11.0. The molecule has 0 saturated carbocycles. The van der Waals surface area contributed by atoms with E-state index in [1.165, 1.54) is 23.9 Å². The van der Waals surface area contributed by atoms with Gasteiger partial charge < -0.3 is 0 Å². The highest BCUT2D eigenvalue weighted by molar-refractivity contribution is 7.99. The minimum Gasteiger partial charge on any atom is -0.207 e. The highest BCUT2D eigenvalue weighted by atomic mass is 32.2. The molecule has 0 aliphatic rings. The summed E-state index contributed by atoms with van der Waals surface area (Å²) in [6, 6.07) is 11.6. The van der Waals surface area contributed by atoms with Gasteiger partial charge in [-0.1, -0.05) is 11.8 Å². The Hall–Kier alpha value is -2.46. The molecule has 0 fully saturated rings. The summed E-state index contributed by atoms with van der Waals surface area (Å²) in [5.74, 6) is 0.562. The van der Waals surface area contributed by atoms with Crippen LogP contribution in [0.25, 0.3) is 17.0 Å². The number of benzene rings is 1. The summed E-state index contributed by atoms with van der Waals surface area (Å²) in [6.45, 7) is 0. The Morgan fingerprint density at radius 2 is 1.95 bits per heavy atom. The molecule has 0 unspecified atom stereocenters. The van der Waals surface area contributed by atoms with Gasteiger partial charge in [0.2, 0.25) is 0 Å². The molecule has 0 bridgehead atoms. The average Bonchev–Trinajstić information content (AvgIpc) is 2.89. The van der Waals surface area contributed by atoms with Gasteiger partial charge in [0.1, 0.15) is 10.8 Å². The van der Waals surface area contributed by atoms with Crippen molar-refractivity contribution < 1.29 is 4.39 Å². The lowest BCUT2D eigenvalue weighted by atomic mass is 10.2. The minimum atomic E-state index is -0.305. The van der Waals surface area contributed by atoms with Crippen molar-refractivity contribution in [2.75, 3.05) is 5.75 Å². The molecule has 0 N–H and O–H groups in total.